The molecule has 0 spiro atoms. The number of aryl methyl sites for hydroxylation is 3. The number of halogens is 2. The van der Waals surface area contributed by atoms with Gasteiger partial charge in [0.25, 0.3) is 5.91 Å². The molecule has 1 aromatic heterocycles. The van der Waals surface area contributed by atoms with Crippen LogP contribution in [0.2, 0.25) is 0 Å². The molecule has 3 rings (SSSR count). The third-order valence-electron chi connectivity index (χ3n) is 4.10. The predicted octanol–water partition coefficient (Wildman–Crippen LogP) is 3.27. The van der Waals surface area contributed by atoms with Gasteiger partial charge in [-0.1, -0.05) is 23.8 Å². The van der Waals surface area contributed by atoms with Gasteiger partial charge in [-0.2, -0.15) is 9.90 Å². The largest absolute Gasteiger partial charge is 0.451 e. The van der Waals surface area contributed by atoms with Crippen molar-refractivity contribution in [2.45, 2.75) is 20.8 Å². The van der Waals surface area contributed by atoms with Gasteiger partial charge < -0.3 is 10.1 Å². The summed E-state index contributed by atoms with van der Waals surface area (Å²) in [7, 11) is 0. The number of para-hydroxylation sites is 1. The van der Waals surface area contributed by atoms with Crippen LogP contribution in [0.3, 0.4) is 0 Å². The Kier molecular flexibility index (Phi) is 5.67. The molecule has 0 aliphatic heterocycles. The molecular formula is C20H18F2N4O3. The Morgan fingerprint density at radius 1 is 1.07 bits per heavy atom. The molecule has 1 heterocycles. The number of anilines is 1. The van der Waals surface area contributed by atoms with Crippen molar-refractivity contribution in [3.05, 3.63) is 70.5 Å². The quantitative estimate of drug-likeness (QED) is 0.665. The number of aromatic nitrogens is 3. The van der Waals surface area contributed by atoms with Gasteiger partial charge in [0, 0.05) is 0 Å². The van der Waals surface area contributed by atoms with Gasteiger partial charge in [0.15, 0.2) is 12.3 Å². The zero-order chi connectivity index (χ0) is 21.1. The summed E-state index contributed by atoms with van der Waals surface area (Å²) < 4.78 is 32.0. The van der Waals surface area contributed by atoms with Gasteiger partial charge in [0.2, 0.25) is 0 Å². The number of benzene rings is 2. The highest BCUT2D eigenvalue weighted by atomic mass is 19.1. The predicted molar refractivity (Wildman–Crippen MR) is 101 cm³/mol. The van der Waals surface area contributed by atoms with E-state index in [4.69, 9.17) is 4.74 Å². The summed E-state index contributed by atoms with van der Waals surface area (Å²) in [4.78, 5) is 25.5. The number of esters is 1. The fraction of sp³-hybridized carbons (Fsp3) is 0.200. The average molecular weight is 400 g/mol. The number of carbonyl (C=O) groups is 2. The first kappa shape index (κ1) is 20.1. The highest BCUT2D eigenvalue weighted by molar-refractivity contribution is 5.95. The van der Waals surface area contributed by atoms with E-state index in [0.717, 1.165) is 23.3 Å². The van der Waals surface area contributed by atoms with Crippen LogP contribution in [0.4, 0.5) is 14.5 Å². The molecule has 0 bridgehead atoms. The third-order valence-corrected chi connectivity index (χ3v) is 4.10. The van der Waals surface area contributed by atoms with E-state index in [9.17, 15) is 18.4 Å². The van der Waals surface area contributed by atoms with E-state index in [-0.39, 0.29) is 5.69 Å². The van der Waals surface area contributed by atoms with Gasteiger partial charge in [0.1, 0.15) is 17.3 Å². The van der Waals surface area contributed by atoms with Crippen molar-refractivity contribution < 1.29 is 23.1 Å². The lowest BCUT2D eigenvalue weighted by atomic mass is 10.1. The SMILES string of the molecule is Cc1ccc(-n2nc(C)c(C(=O)OCC(=O)Nc3c(F)cccc3F)n2)c(C)c1. The molecular weight excluding hydrogens is 382 g/mol. The molecule has 2 aromatic carbocycles. The molecule has 0 fully saturated rings. The summed E-state index contributed by atoms with van der Waals surface area (Å²) in [5.74, 6) is -3.63. The Morgan fingerprint density at radius 2 is 1.76 bits per heavy atom. The Hall–Kier alpha value is -3.62. The minimum Gasteiger partial charge on any atom is -0.451 e. The summed E-state index contributed by atoms with van der Waals surface area (Å²) in [5, 5.41) is 10.4. The van der Waals surface area contributed by atoms with Gasteiger partial charge in [-0.05, 0) is 44.5 Å². The first-order chi connectivity index (χ1) is 13.8. The molecule has 7 nitrogen and oxygen atoms in total. The molecule has 0 atom stereocenters. The molecule has 0 unspecified atom stereocenters. The highest BCUT2D eigenvalue weighted by Crippen LogP contribution is 2.18. The van der Waals surface area contributed by atoms with Gasteiger partial charge in [-0.25, -0.2) is 13.6 Å². The second-order valence-electron chi connectivity index (χ2n) is 6.43. The number of rotatable bonds is 5. The second-order valence-corrected chi connectivity index (χ2v) is 6.43. The van der Waals surface area contributed by atoms with Crippen molar-refractivity contribution in [2.24, 2.45) is 0 Å². The summed E-state index contributed by atoms with van der Waals surface area (Å²) in [5.41, 5.74) is 2.35. The van der Waals surface area contributed by atoms with Crippen LogP contribution in [0.5, 0.6) is 0 Å². The van der Waals surface area contributed by atoms with Crippen molar-refractivity contribution in [2.75, 3.05) is 11.9 Å². The first-order valence-electron chi connectivity index (χ1n) is 8.69. The van der Waals surface area contributed by atoms with E-state index in [1.807, 2.05) is 37.4 Å². The van der Waals surface area contributed by atoms with Crippen LogP contribution in [-0.2, 0) is 9.53 Å². The molecule has 0 aliphatic rings. The average Bonchev–Trinajstić information content (AvgIpc) is 3.04. The van der Waals surface area contributed by atoms with Crippen molar-refractivity contribution in [3.8, 4) is 5.69 Å². The molecule has 0 radical (unpaired) electrons. The van der Waals surface area contributed by atoms with Crippen LogP contribution in [0, 0.1) is 32.4 Å². The van der Waals surface area contributed by atoms with Crippen LogP contribution < -0.4 is 5.32 Å². The molecule has 0 saturated heterocycles. The standard InChI is InChI=1S/C20H18F2N4O3/c1-11-7-8-16(12(2)9-11)26-24-13(3)18(25-26)20(28)29-10-17(27)23-19-14(21)5-4-6-15(19)22/h4-9H,10H2,1-3H3,(H,23,27). The molecule has 0 saturated carbocycles. The molecule has 1 N–H and O–H groups in total. The highest BCUT2D eigenvalue weighted by Gasteiger charge is 2.20. The van der Waals surface area contributed by atoms with Crippen LogP contribution >= 0.6 is 0 Å². The Labute approximate surface area is 165 Å². The van der Waals surface area contributed by atoms with Crippen LogP contribution in [0.1, 0.15) is 27.3 Å². The number of nitrogens with one attached hydrogen (secondary N) is 1. The maximum Gasteiger partial charge on any atom is 0.361 e. The first-order valence-corrected chi connectivity index (χ1v) is 8.69. The van der Waals surface area contributed by atoms with E-state index in [2.05, 4.69) is 10.2 Å². The zero-order valence-electron chi connectivity index (χ0n) is 16.0. The third kappa shape index (κ3) is 4.45. The van der Waals surface area contributed by atoms with E-state index < -0.39 is 35.8 Å². The minimum absolute atomic E-state index is 0.0603. The lowest BCUT2D eigenvalue weighted by Crippen LogP contribution is -2.22. The van der Waals surface area contributed by atoms with Gasteiger partial charge >= 0.3 is 5.97 Å². The maximum atomic E-state index is 13.6. The van der Waals surface area contributed by atoms with Gasteiger partial charge in [-0.3, -0.25) is 4.79 Å². The van der Waals surface area contributed by atoms with E-state index in [0.29, 0.717) is 11.4 Å². The van der Waals surface area contributed by atoms with Gasteiger partial charge in [0.05, 0.1) is 11.4 Å². The Morgan fingerprint density at radius 3 is 2.41 bits per heavy atom. The number of hydrogen-bond donors (Lipinski definition) is 1. The Balaban J connectivity index is 1.68. The summed E-state index contributed by atoms with van der Waals surface area (Å²) >= 11 is 0. The molecule has 1 amide bonds. The zero-order valence-corrected chi connectivity index (χ0v) is 16.0. The topological polar surface area (TPSA) is 86.1 Å². The monoisotopic (exact) mass is 400 g/mol. The number of hydrogen-bond acceptors (Lipinski definition) is 5. The van der Waals surface area contributed by atoms with E-state index >= 15 is 0 Å². The minimum atomic E-state index is -0.933. The van der Waals surface area contributed by atoms with E-state index in [1.165, 1.54) is 10.9 Å². The molecule has 3 aromatic rings. The van der Waals surface area contributed by atoms with Crippen LogP contribution in [0.25, 0.3) is 5.69 Å². The summed E-state index contributed by atoms with van der Waals surface area (Å²) in [6.07, 6.45) is 0. The lowest BCUT2D eigenvalue weighted by Gasteiger charge is -2.07. The van der Waals surface area contributed by atoms with Crippen molar-refractivity contribution in [3.63, 3.8) is 0 Å². The fourth-order valence-corrected chi connectivity index (χ4v) is 2.70. The molecule has 29 heavy (non-hydrogen) atoms. The van der Waals surface area contributed by atoms with Crippen molar-refractivity contribution in [1.29, 1.82) is 0 Å². The maximum absolute atomic E-state index is 13.6. The smallest absolute Gasteiger partial charge is 0.361 e. The number of carbonyl (C=O) groups excluding carboxylic acids is 2. The van der Waals surface area contributed by atoms with Crippen LogP contribution in [0.15, 0.2) is 36.4 Å². The molecule has 0 aliphatic carbocycles. The second kappa shape index (κ2) is 8.17. The summed E-state index contributed by atoms with van der Waals surface area (Å²) in [6.45, 7) is 4.70. The fourth-order valence-electron chi connectivity index (χ4n) is 2.70. The molecule has 9 heteroatoms. The number of ether oxygens (including phenoxy) is 1. The lowest BCUT2D eigenvalue weighted by molar-refractivity contribution is -0.119. The van der Waals surface area contributed by atoms with E-state index in [1.54, 1.807) is 6.92 Å². The normalized spacial score (nSPS) is 10.7. The number of nitrogens with zero attached hydrogens (tertiary/aromatic N) is 3. The summed E-state index contributed by atoms with van der Waals surface area (Å²) in [6, 6.07) is 8.85. The number of amides is 1. The molecule has 150 valence electrons. The van der Waals surface area contributed by atoms with Gasteiger partial charge in [-0.15, -0.1) is 5.10 Å². The van der Waals surface area contributed by atoms with Crippen molar-refractivity contribution in [1.82, 2.24) is 15.0 Å². The van der Waals surface area contributed by atoms with Crippen LogP contribution in [-0.4, -0.2) is 33.5 Å². The Bertz CT molecular complexity index is 1080. The van der Waals surface area contributed by atoms with Crippen molar-refractivity contribution >= 4 is 17.6 Å².